The van der Waals surface area contributed by atoms with E-state index in [4.69, 9.17) is 16.0 Å². The molecule has 0 spiro atoms. The molecule has 0 aliphatic carbocycles. The monoisotopic (exact) mass is 210 g/mol. The number of anilines is 1. The third-order valence-corrected chi connectivity index (χ3v) is 1.83. The third kappa shape index (κ3) is 1.70. The lowest BCUT2D eigenvalue weighted by Crippen LogP contribution is -2.00. The fourth-order valence-electron chi connectivity index (χ4n) is 1.23. The van der Waals surface area contributed by atoms with Crippen molar-refractivity contribution in [3.63, 3.8) is 0 Å². The zero-order chi connectivity index (χ0) is 10.1. The first-order valence-corrected chi connectivity index (χ1v) is 4.36. The number of amides is 1. The topological polar surface area (TPSA) is 55.1 Å². The smallest absolute Gasteiger partial charge is 0.318 e. The quantitative estimate of drug-likeness (QED) is 0.582. The van der Waals surface area contributed by atoms with E-state index in [-0.39, 0.29) is 0 Å². The molecule has 1 amide bonds. The van der Waals surface area contributed by atoms with Crippen LogP contribution in [0.25, 0.3) is 11.1 Å². The van der Waals surface area contributed by atoms with Crippen LogP contribution >= 0.6 is 11.6 Å². The fraction of sp³-hybridized carbons (Fsp3) is 0.111. The van der Waals surface area contributed by atoms with Gasteiger partial charge in [0.2, 0.25) is 0 Å². The van der Waals surface area contributed by atoms with Gasteiger partial charge in [-0.25, -0.2) is 4.98 Å². The zero-order valence-corrected chi connectivity index (χ0v) is 8.13. The van der Waals surface area contributed by atoms with E-state index in [1.807, 2.05) is 0 Å². The fourth-order valence-corrected chi connectivity index (χ4v) is 1.34. The van der Waals surface area contributed by atoms with Gasteiger partial charge in [-0.1, -0.05) is 0 Å². The number of aryl methyl sites for hydroxylation is 1. The number of carbonyl (C=O) groups is 1. The number of hydrogen-bond donors (Lipinski definition) is 1. The van der Waals surface area contributed by atoms with Crippen LogP contribution in [0.2, 0.25) is 0 Å². The summed E-state index contributed by atoms with van der Waals surface area (Å²) in [5.41, 5.74) is 1.98. The average Bonchev–Trinajstić information content (AvgIpc) is 2.42. The second kappa shape index (κ2) is 3.31. The van der Waals surface area contributed by atoms with Gasteiger partial charge < -0.3 is 9.73 Å². The number of rotatable bonds is 1. The van der Waals surface area contributed by atoms with Crippen LogP contribution in [0.15, 0.2) is 22.6 Å². The van der Waals surface area contributed by atoms with Gasteiger partial charge in [0.15, 0.2) is 11.5 Å². The van der Waals surface area contributed by atoms with Crippen molar-refractivity contribution in [2.45, 2.75) is 6.92 Å². The summed E-state index contributed by atoms with van der Waals surface area (Å²) in [5.74, 6) is 0.592. The van der Waals surface area contributed by atoms with Crippen LogP contribution in [0.3, 0.4) is 0 Å². The number of carbonyl (C=O) groups excluding carboxylic acids is 1. The Morgan fingerprint density at radius 3 is 3.07 bits per heavy atom. The summed E-state index contributed by atoms with van der Waals surface area (Å²) < 4.78 is 5.28. The number of nitrogens with zero attached hydrogens (tertiary/aromatic N) is 1. The molecule has 0 aliphatic rings. The van der Waals surface area contributed by atoms with Gasteiger partial charge in [0, 0.05) is 18.7 Å². The first-order chi connectivity index (χ1) is 6.65. The van der Waals surface area contributed by atoms with Gasteiger partial charge in [0.25, 0.3) is 0 Å². The highest BCUT2D eigenvalue weighted by atomic mass is 35.5. The number of aromatic nitrogens is 1. The molecule has 0 saturated heterocycles. The summed E-state index contributed by atoms with van der Waals surface area (Å²) in [6, 6.07) is 5.15. The average molecular weight is 211 g/mol. The molecule has 2 aromatic rings. The van der Waals surface area contributed by atoms with Gasteiger partial charge in [0.05, 0.1) is 0 Å². The number of halogens is 1. The maximum absolute atomic E-state index is 10.6. The van der Waals surface area contributed by atoms with Crippen molar-refractivity contribution in [2.75, 3.05) is 5.32 Å². The van der Waals surface area contributed by atoms with Crippen LogP contribution < -0.4 is 5.32 Å². The molecule has 2 rings (SSSR count). The summed E-state index contributed by atoms with van der Waals surface area (Å²) in [4.78, 5) is 14.7. The molecule has 1 aromatic heterocycles. The normalized spacial score (nSPS) is 10.4. The Balaban J connectivity index is 2.45. The Kier molecular flexibility index (Phi) is 2.13. The van der Waals surface area contributed by atoms with Crippen molar-refractivity contribution < 1.29 is 9.21 Å². The van der Waals surface area contributed by atoms with Gasteiger partial charge in [-0.2, -0.15) is 0 Å². The number of hydrogen-bond acceptors (Lipinski definition) is 3. The summed E-state index contributed by atoms with van der Waals surface area (Å²) in [6.45, 7) is 1.76. The van der Waals surface area contributed by atoms with Crippen molar-refractivity contribution in [1.82, 2.24) is 4.98 Å². The summed E-state index contributed by atoms with van der Waals surface area (Å²) >= 11 is 5.17. The standard InChI is InChI=1S/C9H7ClN2O2/c1-5-11-7-3-2-6(12-9(10)13)4-8(7)14-5/h2-4H,1H3,(H,12,13). The van der Waals surface area contributed by atoms with Gasteiger partial charge in [-0.15, -0.1) is 0 Å². The Morgan fingerprint density at radius 2 is 2.36 bits per heavy atom. The van der Waals surface area contributed by atoms with Gasteiger partial charge in [-0.05, 0) is 23.7 Å². The van der Waals surface area contributed by atoms with Crippen LogP contribution in [-0.4, -0.2) is 10.4 Å². The summed E-state index contributed by atoms with van der Waals surface area (Å²) in [6.07, 6.45) is 0. The minimum Gasteiger partial charge on any atom is -0.441 e. The van der Waals surface area contributed by atoms with E-state index in [0.717, 1.165) is 5.52 Å². The van der Waals surface area contributed by atoms with Gasteiger partial charge >= 0.3 is 5.37 Å². The minimum atomic E-state index is -0.624. The van der Waals surface area contributed by atoms with E-state index >= 15 is 0 Å². The van der Waals surface area contributed by atoms with Crippen LogP contribution in [0.5, 0.6) is 0 Å². The zero-order valence-electron chi connectivity index (χ0n) is 7.37. The Bertz CT molecular complexity index is 493. The highest BCUT2D eigenvalue weighted by molar-refractivity contribution is 6.65. The molecule has 4 nitrogen and oxygen atoms in total. The lowest BCUT2D eigenvalue weighted by molar-refractivity contribution is 0.269. The molecule has 0 unspecified atom stereocenters. The molecule has 0 saturated carbocycles. The molecule has 1 aromatic carbocycles. The van der Waals surface area contributed by atoms with E-state index in [1.54, 1.807) is 25.1 Å². The van der Waals surface area contributed by atoms with Crippen molar-refractivity contribution in [2.24, 2.45) is 0 Å². The van der Waals surface area contributed by atoms with E-state index in [2.05, 4.69) is 10.3 Å². The van der Waals surface area contributed by atoms with Gasteiger partial charge in [0.1, 0.15) is 5.52 Å². The van der Waals surface area contributed by atoms with Crippen molar-refractivity contribution in [1.29, 1.82) is 0 Å². The molecular formula is C9H7ClN2O2. The Hall–Kier alpha value is -1.55. The molecule has 0 bridgehead atoms. The van der Waals surface area contributed by atoms with E-state index in [1.165, 1.54) is 0 Å². The van der Waals surface area contributed by atoms with Crippen molar-refractivity contribution in [3.05, 3.63) is 24.1 Å². The number of nitrogens with one attached hydrogen (secondary N) is 1. The maximum atomic E-state index is 10.6. The second-order valence-electron chi connectivity index (χ2n) is 2.81. The van der Waals surface area contributed by atoms with E-state index < -0.39 is 5.37 Å². The highest BCUT2D eigenvalue weighted by Gasteiger charge is 2.04. The molecular weight excluding hydrogens is 204 g/mol. The Labute approximate surface area is 84.9 Å². The molecule has 0 fully saturated rings. The highest BCUT2D eigenvalue weighted by Crippen LogP contribution is 2.19. The number of oxazole rings is 1. The van der Waals surface area contributed by atoms with Crippen molar-refractivity contribution in [3.8, 4) is 0 Å². The van der Waals surface area contributed by atoms with Crippen LogP contribution in [-0.2, 0) is 0 Å². The van der Waals surface area contributed by atoms with E-state index in [9.17, 15) is 4.79 Å². The summed E-state index contributed by atoms with van der Waals surface area (Å²) in [5, 5.41) is 1.82. The molecule has 0 aliphatic heterocycles. The molecule has 72 valence electrons. The van der Waals surface area contributed by atoms with Crippen LogP contribution in [0.1, 0.15) is 5.89 Å². The van der Waals surface area contributed by atoms with Crippen molar-refractivity contribution >= 4 is 33.8 Å². The predicted molar refractivity (Wildman–Crippen MR) is 53.6 cm³/mol. The maximum Gasteiger partial charge on any atom is 0.318 e. The lowest BCUT2D eigenvalue weighted by Gasteiger charge is -1.98. The second-order valence-corrected chi connectivity index (χ2v) is 3.16. The molecule has 5 heteroatoms. The van der Waals surface area contributed by atoms with Crippen LogP contribution in [0.4, 0.5) is 10.5 Å². The number of fused-ring (bicyclic) bond motifs is 1. The lowest BCUT2D eigenvalue weighted by atomic mass is 10.3. The summed E-state index contributed by atoms with van der Waals surface area (Å²) in [7, 11) is 0. The minimum absolute atomic E-state index is 0.591. The molecule has 1 heterocycles. The molecule has 0 atom stereocenters. The SMILES string of the molecule is Cc1nc2ccc(NC(=O)Cl)cc2o1. The largest absolute Gasteiger partial charge is 0.441 e. The third-order valence-electron chi connectivity index (χ3n) is 1.74. The van der Waals surface area contributed by atoms with E-state index in [0.29, 0.717) is 17.2 Å². The molecule has 14 heavy (non-hydrogen) atoms. The molecule has 1 N–H and O–H groups in total. The molecule has 0 radical (unpaired) electrons. The van der Waals surface area contributed by atoms with Gasteiger partial charge in [-0.3, -0.25) is 4.79 Å². The number of benzene rings is 1. The first-order valence-electron chi connectivity index (χ1n) is 3.99. The Morgan fingerprint density at radius 1 is 1.57 bits per heavy atom. The first kappa shape index (κ1) is 9.02. The predicted octanol–water partition coefficient (Wildman–Crippen LogP) is 2.91. The van der Waals surface area contributed by atoms with Crippen LogP contribution in [0, 0.1) is 6.92 Å².